The Hall–Kier alpha value is -3.53. The Morgan fingerprint density at radius 1 is 1.27 bits per heavy atom. The summed E-state index contributed by atoms with van der Waals surface area (Å²) in [7, 11) is 1.48. The van der Waals surface area contributed by atoms with Crippen molar-refractivity contribution in [2.24, 2.45) is 0 Å². The van der Waals surface area contributed by atoms with E-state index in [1.54, 1.807) is 22.9 Å². The van der Waals surface area contributed by atoms with Crippen molar-refractivity contribution in [3.05, 3.63) is 58.4 Å². The molecule has 0 radical (unpaired) electrons. The van der Waals surface area contributed by atoms with Crippen LogP contribution in [0, 0.1) is 0 Å². The van der Waals surface area contributed by atoms with Gasteiger partial charge in [-0.05, 0) is 41.3 Å². The minimum atomic E-state index is -1.08. The van der Waals surface area contributed by atoms with Crippen molar-refractivity contribution in [3.63, 3.8) is 0 Å². The Morgan fingerprint density at radius 2 is 2.07 bits per heavy atom. The van der Waals surface area contributed by atoms with E-state index < -0.39 is 18.7 Å². The second-order valence-electron chi connectivity index (χ2n) is 6.44. The number of H-pyrrole nitrogens is 1. The van der Waals surface area contributed by atoms with Gasteiger partial charge in [0.15, 0.2) is 18.1 Å². The molecule has 1 aromatic heterocycles. The minimum absolute atomic E-state index is 0.235. The molecule has 0 unspecified atom stereocenters. The van der Waals surface area contributed by atoms with Crippen LogP contribution >= 0.6 is 11.8 Å². The first-order valence-electron chi connectivity index (χ1n) is 9.00. The number of fused-ring (bicyclic) bond motifs is 3. The highest BCUT2D eigenvalue weighted by atomic mass is 32.2. The molecule has 10 heteroatoms. The molecule has 0 saturated carbocycles. The molecule has 4 rings (SSSR count). The average molecular weight is 427 g/mol. The summed E-state index contributed by atoms with van der Waals surface area (Å²) in [5, 5.41) is 17.4. The fraction of sp³-hybridized carbons (Fsp3) is 0.200. The molecule has 2 aromatic carbocycles. The number of hydrogen-bond acceptors (Lipinski definition) is 7. The number of benzene rings is 2. The zero-order valence-corrected chi connectivity index (χ0v) is 17.0. The summed E-state index contributed by atoms with van der Waals surface area (Å²) in [6, 6.07) is 12.7. The number of hydrogen-bond donors (Lipinski definition) is 3. The van der Waals surface area contributed by atoms with Crippen molar-refractivity contribution in [3.8, 4) is 22.8 Å². The van der Waals surface area contributed by atoms with Crippen LogP contribution < -0.4 is 25.0 Å². The fourth-order valence-corrected chi connectivity index (χ4v) is 3.68. The van der Waals surface area contributed by atoms with Gasteiger partial charge in [-0.15, -0.1) is 0 Å². The molecule has 0 bridgehead atoms. The third-order valence-corrected chi connectivity index (χ3v) is 5.20. The SMILES string of the molecule is COc1cc([C@H]2Nc3ccccc3-c3c(=O)[nH]c(SC)n[n+]32)ccc1OCC(=O)O. The van der Waals surface area contributed by atoms with Crippen molar-refractivity contribution in [2.75, 3.05) is 25.3 Å². The van der Waals surface area contributed by atoms with Gasteiger partial charge in [-0.25, -0.2) is 4.79 Å². The molecule has 3 N–H and O–H groups in total. The van der Waals surface area contributed by atoms with Gasteiger partial charge < -0.3 is 19.9 Å². The molecular weight excluding hydrogens is 408 g/mol. The van der Waals surface area contributed by atoms with E-state index in [2.05, 4.69) is 15.4 Å². The summed E-state index contributed by atoms with van der Waals surface area (Å²) >= 11 is 1.34. The van der Waals surface area contributed by atoms with E-state index in [-0.39, 0.29) is 5.56 Å². The maximum atomic E-state index is 12.9. The lowest BCUT2D eigenvalue weighted by molar-refractivity contribution is -0.759. The predicted octanol–water partition coefficient (Wildman–Crippen LogP) is 1.89. The number of nitrogens with one attached hydrogen (secondary N) is 2. The Morgan fingerprint density at radius 3 is 2.80 bits per heavy atom. The van der Waals surface area contributed by atoms with Gasteiger partial charge in [-0.2, -0.15) is 0 Å². The first-order valence-corrected chi connectivity index (χ1v) is 10.2. The number of carboxylic acid groups (broad SMARTS) is 1. The van der Waals surface area contributed by atoms with Gasteiger partial charge in [-0.1, -0.05) is 23.9 Å². The Kier molecular flexibility index (Phi) is 5.32. The van der Waals surface area contributed by atoms with Gasteiger partial charge in [0.2, 0.25) is 5.16 Å². The Bertz CT molecular complexity index is 1180. The molecule has 1 atom stereocenters. The average Bonchev–Trinajstić information content (AvgIpc) is 2.76. The smallest absolute Gasteiger partial charge is 0.341 e. The van der Waals surface area contributed by atoms with Crippen molar-refractivity contribution < 1.29 is 24.1 Å². The number of nitrogens with zero attached hydrogens (tertiary/aromatic N) is 2. The van der Waals surface area contributed by atoms with Gasteiger partial charge in [-0.3, -0.25) is 9.78 Å². The monoisotopic (exact) mass is 427 g/mol. The van der Waals surface area contributed by atoms with Crippen LogP contribution in [0.5, 0.6) is 11.5 Å². The van der Waals surface area contributed by atoms with Crippen LogP contribution in [0.15, 0.2) is 52.4 Å². The van der Waals surface area contributed by atoms with Crippen molar-refractivity contribution in [2.45, 2.75) is 11.3 Å². The molecule has 30 heavy (non-hydrogen) atoms. The van der Waals surface area contributed by atoms with Crippen LogP contribution in [0.2, 0.25) is 0 Å². The van der Waals surface area contributed by atoms with Crippen LogP contribution in [0.25, 0.3) is 11.3 Å². The van der Waals surface area contributed by atoms with Gasteiger partial charge in [0.05, 0.1) is 18.4 Å². The molecule has 0 spiro atoms. The molecule has 0 amide bonds. The second kappa shape index (κ2) is 8.07. The number of para-hydroxylation sites is 1. The molecule has 9 nitrogen and oxygen atoms in total. The van der Waals surface area contributed by atoms with Gasteiger partial charge in [0.25, 0.3) is 6.17 Å². The Balaban J connectivity index is 1.84. The highest BCUT2D eigenvalue weighted by Gasteiger charge is 2.37. The van der Waals surface area contributed by atoms with Crippen LogP contribution in [-0.4, -0.2) is 41.1 Å². The van der Waals surface area contributed by atoms with Crippen LogP contribution in [0.4, 0.5) is 5.69 Å². The molecule has 0 saturated heterocycles. The van der Waals surface area contributed by atoms with Gasteiger partial charge in [0.1, 0.15) is 0 Å². The number of rotatable bonds is 6. The highest BCUT2D eigenvalue weighted by Crippen LogP contribution is 2.35. The predicted molar refractivity (Wildman–Crippen MR) is 110 cm³/mol. The van der Waals surface area contributed by atoms with Crippen molar-refractivity contribution in [1.82, 2.24) is 10.1 Å². The number of anilines is 1. The van der Waals surface area contributed by atoms with Crippen molar-refractivity contribution in [1.29, 1.82) is 0 Å². The largest absolute Gasteiger partial charge is 0.493 e. The van der Waals surface area contributed by atoms with Gasteiger partial charge in [0, 0.05) is 10.7 Å². The quantitative estimate of drug-likeness (QED) is 0.403. The van der Waals surface area contributed by atoms with E-state index >= 15 is 0 Å². The number of carboxylic acids is 1. The number of thioether (sulfide) groups is 1. The highest BCUT2D eigenvalue weighted by molar-refractivity contribution is 7.98. The number of ether oxygens (including phenoxy) is 2. The summed E-state index contributed by atoms with van der Waals surface area (Å²) < 4.78 is 12.3. The third-order valence-electron chi connectivity index (χ3n) is 4.63. The minimum Gasteiger partial charge on any atom is -0.493 e. The van der Waals surface area contributed by atoms with E-state index in [9.17, 15) is 9.59 Å². The van der Waals surface area contributed by atoms with E-state index in [1.807, 2.05) is 30.5 Å². The van der Waals surface area contributed by atoms with E-state index in [4.69, 9.17) is 14.6 Å². The summed E-state index contributed by atoms with van der Waals surface area (Å²) in [6.07, 6.45) is 1.35. The lowest BCUT2D eigenvalue weighted by Gasteiger charge is -2.22. The molecule has 2 heterocycles. The summed E-state index contributed by atoms with van der Waals surface area (Å²) in [4.78, 5) is 26.5. The fourth-order valence-electron chi connectivity index (χ4n) is 3.32. The number of aliphatic carboxylic acids is 1. The Labute approximate surface area is 175 Å². The maximum Gasteiger partial charge on any atom is 0.341 e. The normalized spacial score (nSPS) is 14.3. The first kappa shape index (κ1) is 19.8. The number of carbonyl (C=O) groups is 1. The van der Waals surface area contributed by atoms with Gasteiger partial charge >= 0.3 is 17.2 Å². The zero-order valence-electron chi connectivity index (χ0n) is 16.2. The van der Waals surface area contributed by atoms with E-state index in [1.165, 1.54) is 18.9 Å². The topological polar surface area (TPSA) is 117 Å². The first-order chi connectivity index (χ1) is 14.5. The van der Waals surface area contributed by atoms with E-state index in [0.29, 0.717) is 22.3 Å². The molecule has 0 fully saturated rings. The lowest BCUT2D eigenvalue weighted by atomic mass is 10.0. The lowest BCUT2D eigenvalue weighted by Crippen LogP contribution is -2.55. The molecule has 154 valence electrons. The maximum absolute atomic E-state index is 12.9. The standard InChI is InChI=1S/C20H18N4O5S/c1-28-15-9-11(7-8-14(15)29-10-16(25)26)18-21-13-6-4-3-5-12(13)17-19(27)22-20(30-2)23-24(17)18/h3-9,18H,10H2,1-2H3,(H2,22,23,25,26,27)/p+1/t18-/m0/s1. The van der Waals surface area contributed by atoms with Crippen LogP contribution in [0.1, 0.15) is 11.7 Å². The summed E-state index contributed by atoms with van der Waals surface area (Å²) in [5.41, 5.74) is 2.53. The van der Waals surface area contributed by atoms with E-state index in [0.717, 1.165) is 16.8 Å². The number of aromatic amines is 1. The molecular formula is C20H19N4O5S+. The number of methoxy groups -OCH3 is 1. The third kappa shape index (κ3) is 3.57. The second-order valence-corrected chi connectivity index (χ2v) is 7.24. The van der Waals surface area contributed by atoms with Crippen molar-refractivity contribution >= 4 is 23.4 Å². The van der Waals surface area contributed by atoms with Crippen LogP contribution in [0.3, 0.4) is 0 Å². The molecule has 3 aromatic rings. The summed E-state index contributed by atoms with van der Waals surface area (Å²) in [5.74, 6) is -0.385. The van der Waals surface area contributed by atoms with Crippen LogP contribution in [-0.2, 0) is 4.79 Å². The zero-order chi connectivity index (χ0) is 21.3. The summed E-state index contributed by atoms with van der Waals surface area (Å²) in [6.45, 7) is -0.476. The molecule has 1 aliphatic rings. The molecule has 0 aliphatic carbocycles. The number of aromatic nitrogens is 3. The molecule has 1 aliphatic heterocycles.